The minimum Gasteiger partial charge on any atom is -0.326 e. The molecule has 1 amide bonds. The summed E-state index contributed by atoms with van der Waals surface area (Å²) in [6, 6.07) is 9.11. The second kappa shape index (κ2) is 9.36. The molecule has 0 atom stereocenters. The Bertz CT molecular complexity index is 1050. The van der Waals surface area contributed by atoms with Crippen molar-refractivity contribution in [1.29, 1.82) is 0 Å². The Labute approximate surface area is 188 Å². The highest BCUT2D eigenvalue weighted by Gasteiger charge is 2.33. The maximum absolute atomic E-state index is 12.8. The van der Waals surface area contributed by atoms with Gasteiger partial charge in [-0.1, -0.05) is 35.3 Å². The fourth-order valence-electron chi connectivity index (χ4n) is 3.36. The fourth-order valence-corrected chi connectivity index (χ4v) is 5.67. The molecule has 0 aliphatic carbocycles. The summed E-state index contributed by atoms with van der Waals surface area (Å²) >= 11 is 12.1. The van der Waals surface area contributed by atoms with E-state index < -0.39 is 33.6 Å². The van der Waals surface area contributed by atoms with Gasteiger partial charge in [-0.3, -0.25) is 4.79 Å². The van der Waals surface area contributed by atoms with E-state index in [1.54, 1.807) is 18.2 Å². The van der Waals surface area contributed by atoms with Crippen LogP contribution in [-0.4, -0.2) is 31.7 Å². The van der Waals surface area contributed by atoms with Crippen molar-refractivity contribution in [1.82, 2.24) is 4.31 Å². The lowest BCUT2D eigenvalue weighted by Gasteiger charge is -2.30. The molecule has 168 valence electrons. The van der Waals surface area contributed by atoms with E-state index in [0.29, 0.717) is 5.56 Å². The largest absolute Gasteiger partial charge is 0.416 e. The van der Waals surface area contributed by atoms with Gasteiger partial charge in [0.05, 0.1) is 11.3 Å². The lowest BCUT2D eigenvalue weighted by atomic mass is 9.97. The molecule has 1 fully saturated rings. The van der Waals surface area contributed by atoms with Crippen LogP contribution in [-0.2, 0) is 26.7 Å². The van der Waals surface area contributed by atoms with Crippen LogP contribution in [0.2, 0.25) is 10.0 Å². The molecule has 3 rings (SSSR count). The van der Waals surface area contributed by atoms with E-state index in [1.165, 1.54) is 16.4 Å². The molecule has 0 saturated carbocycles. The first-order chi connectivity index (χ1) is 14.5. The molecule has 0 aromatic heterocycles. The number of amides is 1. The molecule has 0 spiro atoms. The first-order valence-electron chi connectivity index (χ1n) is 9.36. The Morgan fingerprint density at radius 1 is 1.06 bits per heavy atom. The normalized spacial score (nSPS) is 16.3. The van der Waals surface area contributed by atoms with E-state index in [0.717, 1.165) is 12.1 Å². The first-order valence-corrected chi connectivity index (χ1v) is 11.7. The summed E-state index contributed by atoms with van der Waals surface area (Å²) < 4.78 is 65.3. The number of hydrogen-bond acceptors (Lipinski definition) is 3. The van der Waals surface area contributed by atoms with Crippen molar-refractivity contribution in [2.24, 2.45) is 5.92 Å². The smallest absolute Gasteiger partial charge is 0.326 e. The van der Waals surface area contributed by atoms with Gasteiger partial charge >= 0.3 is 6.18 Å². The number of rotatable bonds is 5. The summed E-state index contributed by atoms with van der Waals surface area (Å²) in [5, 5.41) is 3.00. The summed E-state index contributed by atoms with van der Waals surface area (Å²) in [4.78, 5) is 12.5. The molecule has 1 saturated heterocycles. The van der Waals surface area contributed by atoms with Crippen molar-refractivity contribution >= 4 is 44.8 Å². The van der Waals surface area contributed by atoms with Gasteiger partial charge in [0.2, 0.25) is 15.9 Å². The highest BCUT2D eigenvalue weighted by atomic mass is 35.5. The van der Waals surface area contributed by atoms with Crippen LogP contribution in [0.3, 0.4) is 0 Å². The van der Waals surface area contributed by atoms with Crippen LogP contribution < -0.4 is 5.32 Å². The Balaban J connectivity index is 1.61. The summed E-state index contributed by atoms with van der Waals surface area (Å²) in [5.41, 5.74) is -0.497. The number of nitrogens with zero attached hydrogens (tertiary/aromatic N) is 1. The van der Waals surface area contributed by atoms with Gasteiger partial charge < -0.3 is 5.32 Å². The van der Waals surface area contributed by atoms with E-state index in [-0.39, 0.29) is 47.4 Å². The number of carbonyl (C=O) groups is 1. The number of hydrogen-bond donors (Lipinski definition) is 1. The van der Waals surface area contributed by atoms with Crippen LogP contribution in [0.1, 0.15) is 24.0 Å². The Kier molecular flexibility index (Phi) is 7.20. The lowest BCUT2D eigenvalue weighted by Crippen LogP contribution is -2.42. The van der Waals surface area contributed by atoms with Crippen LogP contribution >= 0.6 is 23.2 Å². The molecule has 0 bridgehead atoms. The Morgan fingerprint density at radius 3 is 2.23 bits per heavy atom. The van der Waals surface area contributed by atoms with Crippen molar-refractivity contribution in [2.45, 2.75) is 24.8 Å². The predicted octanol–water partition coefficient (Wildman–Crippen LogP) is 5.19. The summed E-state index contributed by atoms with van der Waals surface area (Å²) in [5.74, 6) is -1.30. The van der Waals surface area contributed by atoms with Crippen LogP contribution in [0.25, 0.3) is 0 Å². The zero-order valence-electron chi connectivity index (χ0n) is 16.1. The third-order valence-corrected chi connectivity index (χ3v) is 7.58. The second-order valence-electron chi connectivity index (χ2n) is 7.20. The van der Waals surface area contributed by atoms with E-state index in [1.807, 2.05) is 0 Å². The van der Waals surface area contributed by atoms with E-state index >= 15 is 0 Å². The molecule has 31 heavy (non-hydrogen) atoms. The van der Waals surface area contributed by atoms with Gasteiger partial charge in [-0.05, 0) is 43.2 Å². The number of nitrogens with one attached hydrogen (secondary N) is 1. The minimum atomic E-state index is -4.51. The topological polar surface area (TPSA) is 66.5 Å². The molecule has 1 N–H and O–H groups in total. The number of alkyl halides is 3. The molecule has 1 aliphatic heterocycles. The Morgan fingerprint density at radius 2 is 1.65 bits per heavy atom. The lowest BCUT2D eigenvalue weighted by molar-refractivity contribution is -0.137. The van der Waals surface area contributed by atoms with Gasteiger partial charge in [0.15, 0.2) is 0 Å². The standard InChI is InChI=1S/C20H19Cl2F3N2O3S/c21-17-5-2-6-18(22)16(17)12-31(29,30)27-9-7-13(8-10-27)19(28)26-15-4-1-3-14(11-15)20(23,24)25/h1-6,11,13H,7-10,12H2,(H,26,28). The van der Waals surface area contributed by atoms with Crippen LogP contribution in [0, 0.1) is 5.92 Å². The molecular weight excluding hydrogens is 476 g/mol. The average molecular weight is 495 g/mol. The van der Waals surface area contributed by atoms with E-state index in [2.05, 4.69) is 5.32 Å². The fraction of sp³-hybridized carbons (Fsp3) is 0.350. The summed E-state index contributed by atoms with van der Waals surface area (Å²) in [7, 11) is -3.70. The minimum absolute atomic E-state index is 0.0447. The molecule has 5 nitrogen and oxygen atoms in total. The van der Waals surface area contributed by atoms with Crippen LogP contribution in [0.15, 0.2) is 42.5 Å². The van der Waals surface area contributed by atoms with E-state index in [4.69, 9.17) is 23.2 Å². The molecule has 2 aromatic carbocycles. The third-order valence-electron chi connectivity index (χ3n) is 5.06. The molecular formula is C20H19Cl2F3N2O3S. The maximum Gasteiger partial charge on any atom is 0.416 e. The monoisotopic (exact) mass is 494 g/mol. The first kappa shape index (κ1) is 23.8. The van der Waals surface area contributed by atoms with Gasteiger partial charge in [0.1, 0.15) is 0 Å². The second-order valence-corrected chi connectivity index (χ2v) is 9.98. The summed E-state index contributed by atoms with van der Waals surface area (Å²) in [6.45, 7) is 0.232. The van der Waals surface area contributed by atoms with E-state index in [9.17, 15) is 26.4 Å². The highest BCUT2D eigenvalue weighted by Crippen LogP contribution is 2.32. The zero-order chi connectivity index (χ0) is 22.8. The van der Waals surface area contributed by atoms with Gasteiger partial charge in [-0.15, -0.1) is 0 Å². The van der Waals surface area contributed by atoms with Crippen molar-refractivity contribution in [3.63, 3.8) is 0 Å². The van der Waals surface area contributed by atoms with Crippen molar-refractivity contribution in [2.75, 3.05) is 18.4 Å². The molecule has 2 aromatic rings. The van der Waals surface area contributed by atoms with Crippen molar-refractivity contribution in [3.8, 4) is 0 Å². The van der Waals surface area contributed by atoms with Crippen molar-refractivity contribution < 1.29 is 26.4 Å². The van der Waals surface area contributed by atoms with Gasteiger partial charge in [-0.2, -0.15) is 13.2 Å². The molecule has 11 heteroatoms. The van der Waals surface area contributed by atoms with Crippen LogP contribution in [0.5, 0.6) is 0 Å². The highest BCUT2D eigenvalue weighted by molar-refractivity contribution is 7.88. The van der Waals surface area contributed by atoms with Gasteiger partial charge in [0, 0.05) is 40.3 Å². The molecule has 1 heterocycles. The Hall–Kier alpha value is -1.81. The number of sulfonamides is 1. The van der Waals surface area contributed by atoms with Crippen LogP contribution in [0.4, 0.5) is 18.9 Å². The maximum atomic E-state index is 12.8. The average Bonchev–Trinajstić information content (AvgIpc) is 2.70. The number of benzene rings is 2. The molecule has 1 aliphatic rings. The predicted molar refractivity (Wildman–Crippen MR) is 113 cm³/mol. The van der Waals surface area contributed by atoms with Gasteiger partial charge in [0.25, 0.3) is 0 Å². The van der Waals surface area contributed by atoms with Gasteiger partial charge in [-0.25, -0.2) is 12.7 Å². The summed E-state index contributed by atoms with van der Waals surface area (Å²) in [6.07, 6.45) is -4.01. The number of carbonyl (C=O) groups excluding carboxylic acids is 1. The number of anilines is 1. The number of piperidine rings is 1. The quantitative estimate of drug-likeness (QED) is 0.621. The van der Waals surface area contributed by atoms with Crippen molar-refractivity contribution in [3.05, 3.63) is 63.6 Å². The SMILES string of the molecule is O=C(Nc1cccc(C(F)(F)F)c1)C1CCN(S(=O)(=O)Cc2c(Cl)cccc2Cl)CC1. The third kappa shape index (κ3) is 5.91. The molecule has 0 radical (unpaired) electrons. The number of halogens is 5. The molecule has 0 unspecified atom stereocenters. The zero-order valence-corrected chi connectivity index (χ0v) is 18.5.